The van der Waals surface area contributed by atoms with Crippen LogP contribution in [0.4, 0.5) is 0 Å². The van der Waals surface area contributed by atoms with Crippen LogP contribution in [0.15, 0.2) is 0 Å². The zero-order valence-electron chi connectivity index (χ0n) is 11.3. The van der Waals surface area contributed by atoms with E-state index in [-0.39, 0.29) is 36.2 Å². The number of likely N-dealkylation sites (tertiary alicyclic amines) is 2. The van der Waals surface area contributed by atoms with E-state index < -0.39 is 0 Å². The Morgan fingerprint density at radius 2 is 2.00 bits per heavy atom. The minimum absolute atomic E-state index is 0.0336. The van der Waals surface area contributed by atoms with Crippen molar-refractivity contribution >= 4 is 11.9 Å². The van der Waals surface area contributed by atoms with Gasteiger partial charge in [-0.1, -0.05) is 0 Å². The molecule has 0 aliphatic carbocycles. The van der Waals surface area contributed by atoms with Crippen LogP contribution in [-0.4, -0.2) is 78.3 Å². The van der Waals surface area contributed by atoms with Crippen molar-refractivity contribution in [2.45, 2.75) is 37.1 Å². The molecule has 3 N–H and O–H groups in total. The Morgan fingerprint density at radius 1 is 1.32 bits per heavy atom. The molecule has 7 heteroatoms. The first-order valence-electron chi connectivity index (χ1n) is 6.47. The van der Waals surface area contributed by atoms with Crippen molar-refractivity contribution in [3.8, 4) is 0 Å². The van der Waals surface area contributed by atoms with E-state index in [4.69, 9.17) is 15.6 Å². The highest BCUT2D eigenvalue weighted by Gasteiger charge is 2.44. The van der Waals surface area contributed by atoms with E-state index in [1.807, 2.05) is 7.05 Å². The Labute approximate surface area is 112 Å². The quantitative estimate of drug-likeness (QED) is 0.544. The molecule has 0 unspecified atom stereocenters. The van der Waals surface area contributed by atoms with Crippen LogP contribution >= 0.6 is 0 Å². The van der Waals surface area contributed by atoms with Crippen molar-refractivity contribution in [1.29, 1.82) is 0 Å². The third-order valence-electron chi connectivity index (χ3n) is 3.92. The molecule has 0 aromatic rings. The number of nitrogens with zero attached hydrogens (tertiary/aromatic N) is 2. The van der Waals surface area contributed by atoms with Gasteiger partial charge in [-0.25, -0.2) is 0 Å². The Hall–Kier alpha value is -1.18. The summed E-state index contributed by atoms with van der Waals surface area (Å²) in [6.45, 7) is 1.48. The van der Waals surface area contributed by atoms with Crippen molar-refractivity contribution < 1.29 is 19.4 Å². The van der Waals surface area contributed by atoms with E-state index in [0.29, 0.717) is 13.0 Å². The van der Waals surface area contributed by atoms with E-state index in [0.717, 1.165) is 13.0 Å². The van der Waals surface area contributed by atoms with Gasteiger partial charge in [-0.2, -0.15) is 0 Å². The molecule has 3 aliphatic rings. The van der Waals surface area contributed by atoms with Gasteiger partial charge >= 0.3 is 5.97 Å². The van der Waals surface area contributed by atoms with Gasteiger partial charge in [0.05, 0.1) is 12.1 Å². The summed E-state index contributed by atoms with van der Waals surface area (Å²) in [6.07, 6.45) is 1.20. The number of likely N-dealkylation sites (N-methyl/N-ethyl adjacent to an activating group) is 2. The number of nitrogens with two attached hydrogens (primary N) is 1. The Balaban J connectivity index is 0.000000141. The maximum absolute atomic E-state index is 10.8. The number of hydrogen-bond donors (Lipinski definition) is 2. The summed E-state index contributed by atoms with van der Waals surface area (Å²) in [6, 6.07) is -0.190. The number of aliphatic hydroxyl groups is 1. The fourth-order valence-electron chi connectivity index (χ4n) is 2.86. The van der Waals surface area contributed by atoms with Crippen LogP contribution in [0.1, 0.15) is 12.8 Å². The number of carbonyl (C=O) groups excluding carboxylic acids is 2. The molecule has 19 heavy (non-hydrogen) atoms. The number of carbonyl (C=O) groups is 2. The molecular formula is C12H21N3O4. The van der Waals surface area contributed by atoms with Crippen LogP contribution in [0.5, 0.6) is 0 Å². The van der Waals surface area contributed by atoms with Gasteiger partial charge in [-0.15, -0.1) is 0 Å². The minimum Gasteiger partial charge on any atom is -0.460 e. The second-order valence-corrected chi connectivity index (χ2v) is 5.50. The number of fused-ring (bicyclic) bond motifs is 2. The van der Waals surface area contributed by atoms with Crippen LogP contribution in [-0.2, 0) is 14.3 Å². The first-order chi connectivity index (χ1) is 8.88. The molecule has 3 saturated heterocycles. The monoisotopic (exact) mass is 271 g/mol. The zero-order chi connectivity index (χ0) is 14.2. The predicted molar refractivity (Wildman–Crippen MR) is 67.2 cm³/mol. The number of amides is 1. The Morgan fingerprint density at radius 3 is 2.26 bits per heavy atom. The van der Waals surface area contributed by atoms with Gasteiger partial charge < -0.3 is 15.6 Å². The van der Waals surface area contributed by atoms with Gasteiger partial charge in [0, 0.05) is 19.5 Å². The lowest BCUT2D eigenvalue weighted by molar-refractivity contribution is -0.150. The molecule has 0 saturated carbocycles. The molecule has 4 atom stereocenters. The number of β-amino-alcohol motifs (C(OH)–C–C–N with tert-alkyl or cyclic N) is 1. The molecule has 3 fully saturated rings. The van der Waals surface area contributed by atoms with Crippen molar-refractivity contribution in [3.63, 3.8) is 0 Å². The molecule has 0 radical (unpaired) electrons. The highest BCUT2D eigenvalue weighted by atomic mass is 16.6. The number of hydrogen-bond acceptors (Lipinski definition) is 6. The molecule has 3 rings (SSSR count). The largest absolute Gasteiger partial charge is 0.460 e. The Bertz CT molecular complexity index is 376. The fraction of sp³-hybridized carbons (Fsp3) is 0.833. The topological polar surface area (TPSA) is 96.1 Å². The SMILES string of the molecule is CN1C[C@H](O)C[C@@H]1C(N)=O.CN1C[C@H]2C[C@@H]1C(=O)O2. The van der Waals surface area contributed by atoms with Gasteiger partial charge in [-0.3, -0.25) is 19.4 Å². The average Bonchev–Trinajstić information content (AvgIpc) is 2.92. The first kappa shape index (κ1) is 14.2. The molecule has 0 spiro atoms. The number of ether oxygens (including phenoxy) is 1. The van der Waals surface area contributed by atoms with E-state index in [1.54, 1.807) is 11.9 Å². The van der Waals surface area contributed by atoms with Crippen molar-refractivity contribution in [3.05, 3.63) is 0 Å². The normalized spacial score (nSPS) is 37.9. The first-order valence-corrected chi connectivity index (χ1v) is 6.47. The summed E-state index contributed by atoms with van der Waals surface area (Å²) < 4.78 is 4.95. The second kappa shape index (κ2) is 5.44. The third-order valence-corrected chi connectivity index (χ3v) is 3.92. The summed E-state index contributed by atoms with van der Waals surface area (Å²) >= 11 is 0. The molecular weight excluding hydrogens is 250 g/mol. The fourth-order valence-corrected chi connectivity index (χ4v) is 2.86. The number of aliphatic hydroxyl groups excluding tert-OH is 1. The molecule has 1 amide bonds. The molecule has 108 valence electrons. The van der Waals surface area contributed by atoms with Gasteiger partial charge in [0.1, 0.15) is 12.1 Å². The lowest BCUT2D eigenvalue weighted by Crippen LogP contribution is -2.37. The smallest absolute Gasteiger partial charge is 0.323 e. The summed E-state index contributed by atoms with van der Waals surface area (Å²) in [7, 11) is 3.75. The van der Waals surface area contributed by atoms with Crippen LogP contribution < -0.4 is 5.73 Å². The lowest BCUT2D eigenvalue weighted by Gasteiger charge is -2.19. The molecule has 3 aliphatic heterocycles. The van der Waals surface area contributed by atoms with E-state index >= 15 is 0 Å². The standard InChI is InChI=1S/C6H12N2O2.C6H9NO2/c1-8-3-4(9)2-5(8)6(7)10;1-7-3-4-2-5(7)6(8)9-4/h4-5,9H,2-3H2,1H3,(H2,7,10);4-5H,2-3H2,1H3/t2*4-,5-/m11/s1. The van der Waals surface area contributed by atoms with Crippen molar-refractivity contribution in [2.75, 3.05) is 27.2 Å². The number of morpholine rings is 1. The lowest BCUT2D eigenvalue weighted by atomic mass is 10.2. The van der Waals surface area contributed by atoms with Crippen LogP contribution in [0.3, 0.4) is 0 Å². The third kappa shape index (κ3) is 3.05. The molecule has 2 bridgehead atoms. The van der Waals surface area contributed by atoms with Gasteiger partial charge in [0.25, 0.3) is 0 Å². The number of primary amides is 1. The van der Waals surface area contributed by atoms with Crippen molar-refractivity contribution in [2.24, 2.45) is 5.73 Å². The van der Waals surface area contributed by atoms with Gasteiger partial charge in [0.2, 0.25) is 5.91 Å². The molecule has 0 aromatic carbocycles. The molecule has 3 heterocycles. The predicted octanol–water partition coefficient (Wildman–Crippen LogP) is -1.85. The van der Waals surface area contributed by atoms with E-state index in [1.165, 1.54) is 0 Å². The zero-order valence-corrected chi connectivity index (χ0v) is 11.3. The maximum atomic E-state index is 10.8. The number of esters is 1. The van der Waals surface area contributed by atoms with Crippen LogP contribution in [0.2, 0.25) is 0 Å². The second-order valence-electron chi connectivity index (χ2n) is 5.50. The summed E-state index contributed by atoms with van der Waals surface area (Å²) in [5.41, 5.74) is 5.06. The number of rotatable bonds is 1. The average molecular weight is 271 g/mol. The van der Waals surface area contributed by atoms with Crippen molar-refractivity contribution in [1.82, 2.24) is 9.80 Å². The Kier molecular flexibility index (Phi) is 4.07. The highest BCUT2D eigenvalue weighted by molar-refractivity contribution is 5.80. The van der Waals surface area contributed by atoms with E-state index in [9.17, 15) is 9.59 Å². The maximum Gasteiger partial charge on any atom is 0.323 e. The van der Waals surface area contributed by atoms with E-state index in [2.05, 4.69) is 4.90 Å². The summed E-state index contributed by atoms with van der Waals surface area (Å²) in [4.78, 5) is 25.2. The van der Waals surface area contributed by atoms with Crippen LogP contribution in [0, 0.1) is 0 Å². The highest BCUT2D eigenvalue weighted by Crippen LogP contribution is 2.26. The van der Waals surface area contributed by atoms with Crippen LogP contribution in [0.25, 0.3) is 0 Å². The van der Waals surface area contributed by atoms with Gasteiger partial charge in [0.15, 0.2) is 0 Å². The van der Waals surface area contributed by atoms with Gasteiger partial charge in [-0.05, 0) is 20.5 Å². The minimum atomic E-state index is -0.387. The summed E-state index contributed by atoms with van der Waals surface area (Å²) in [5.74, 6) is -0.382. The molecule has 7 nitrogen and oxygen atoms in total. The molecule has 0 aromatic heterocycles. The summed E-state index contributed by atoms with van der Waals surface area (Å²) in [5, 5.41) is 9.07.